The Balaban J connectivity index is 1.63. The first-order valence-electron chi connectivity index (χ1n) is 9.82. The highest BCUT2D eigenvalue weighted by Gasteiger charge is 2.26. The SMILES string of the molecule is COc1ccc(Cn2cc(C(=O)NC3CCCCC3O)c3ncccc32)cc1F. The van der Waals surface area contributed by atoms with Crippen molar-refractivity contribution in [3.63, 3.8) is 0 Å². The van der Waals surface area contributed by atoms with Gasteiger partial charge in [0.25, 0.3) is 5.91 Å². The van der Waals surface area contributed by atoms with Crippen LogP contribution < -0.4 is 10.1 Å². The molecule has 2 unspecified atom stereocenters. The van der Waals surface area contributed by atoms with Crippen molar-refractivity contribution in [2.24, 2.45) is 0 Å². The molecule has 0 spiro atoms. The third kappa shape index (κ3) is 3.96. The van der Waals surface area contributed by atoms with Crippen molar-refractivity contribution in [1.82, 2.24) is 14.9 Å². The maximum absolute atomic E-state index is 14.1. The lowest BCUT2D eigenvalue weighted by atomic mass is 9.92. The summed E-state index contributed by atoms with van der Waals surface area (Å²) < 4.78 is 20.9. The van der Waals surface area contributed by atoms with Crippen LogP contribution in [0.25, 0.3) is 11.0 Å². The molecule has 0 aliphatic heterocycles. The summed E-state index contributed by atoms with van der Waals surface area (Å²) in [6.07, 6.45) is 6.31. The number of amides is 1. The number of aliphatic hydroxyl groups excluding tert-OH is 1. The number of nitrogens with zero attached hydrogens (tertiary/aromatic N) is 2. The van der Waals surface area contributed by atoms with E-state index in [9.17, 15) is 14.3 Å². The highest BCUT2D eigenvalue weighted by molar-refractivity contribution is 6.05. The molecule has 1 fully saturated rings. The number of methoxy groups -OCH3 is 1. The van der Waals surface area contributed by atoms with Crippen molar-refractivity contribution in [2.45, 2.75) is 44.4 Å². The number of carbonyl (C=O) groups excluding carboxylic acids is 1. The fraction of sp³-hybridized carbons (Fsp3) is 0.364. The van der Waals surface area contributed by atoms with E-state index in [1.165, 1.54) is 13.2 Å². The van der Waals surface area contributed by atoms with Gasteiger partial charge < -0.3 is 19.7 Å². The summed E-state index contributed by atoms with van der Waals surface area (Å²) in [5.41, 5.74) is 2.58. The number of halogens is 1. The van der Waals surface area contributed by atoms with Crippen molar-refractivity contribution in [2.75, 3.05) is 7.11 Å². The molecule has 6 nitrogen and oxygen atoms in total. The first kappa shape index (κ1) is 19.4. The third-order valence-electron chi connectivity index (χ3n) is 5.50. The van der Waals surface area contributed by atoms with Gasteiger partial charge in [0.1, 0.15) is 5.52 Å². The molecule has 152 valence electrons. The molecule has 2 aromatic heterocycles. The van der Waals surface area contributed by atoms with Gasteiger partial charge in [0.2, 0.25) is 0 Å². The Morgan fingerprint density at radius 1 is 1.34 bits per heavy atom. The Morgan fingerprint density at radius 3 is 2.93 bits per heavy atom. The van der Waals surface area contributed by atoms with Crippen LogP contribution in [0.1, 0.15) is 41.6 Å². The largest absolute Gasteiger partial charge is 0.494 e. The molecule has 1 aliphatic rings. The van der Waals surface area contributed by atoms with Crippen LogP contribution in [0.3, 0.4) is 0 Å². The van der Waals surface area contributed by atoms with Crippen LogP contribution in [0.15, 0.2) is 42.7 Å². The monoisotopic (exact) mass is 397 g/mol. The van der Waals surface area contributed by atoms with Gasteiger partial charge in [-0.3, -0.25) is 9.78 Å². The van der Waals surface area contributed by atoms with Crippen LogP contribution in [0.5, 0.6) is 5.75 Å². The van der Waals surface area contributed by atoms with Gasteiger partial charge in [-0.05, 0) is 42.7 Å². The van der Waals surface area contributed by atoms with Crippen LogP contribution in [0, 0.1) is 5.82 Å². The van der Waals surface area contributed by atoms with Crippen LogP contribution in [-0.2, 0) is 6.54 Å². The fourth-order valence-corrected chi connectivity index (χ4v) is 3.95. The average Bonchev–Trinajstić information content (AvgIpc) is 3.09. The maximum atomic E-state index is 14.1. The van der Waals surface area contributed by atoms with Gasteiger partial charge in [-0.15, -0.1) is 0 Å². The summed E-state index contributed by atoms with van der Waals surface area (Å²) in [7, 11) is 1.43. The molecular weight excluding hydrogens is 373 g/mol. The molecule has 0 bridgehead atoms. The maximum Gasteiger partial charge on any atom is 0.255 e. The molecule has 2 N–H and O–H groups in total. The Hall–Kier alpha value is -2.93. The number of fused-ring (bicyclic) bond motifs is 1. The summed E-state index contributed by atoms with van der Waals surface area (Å²) in [5.74, 6) is -0.484. The molecule has 29 heavy (non-hydrogen) atoms. The number of pyridine rings is 1. The summed E-state index contributed by atoms with van der Waals surface area (Å²) in [6, 6.07) is 8.26. The zero-order valence-corrected chi connectivity index (χ0v) is 16.3. The molecule has 4 rings (SSSR count). The van der Waals surface area contributed by atoms with Crippen molar-refractivity contribution in [1.29, 1.82) is 0 Å². The van der Waals surface area contributed by atoms with Gasteiger partial charge in [-0.1, -0.05) is 18.9 Å². The zero-order chi connectivity index (χ0) is 20.4. The number of benzene rings is 1. The second-order valence-electron chi connectivity index (χ2n) is 7.44. The molecule has 2 heterocycles. The molecule has 0 saturated heterocycles. The van der Waals surface area contributed by atoms with Crippen LogP contribution >= 0.6 is 0 Å². The zero-order valence-electron chi connectivity index (χ0n) is 16.3. The lowest BCUT2D eigenvalue weighted by Gasteiger charge is -2.28. The second kappa shape index (κ2) is 8.21. The van der Waals surface area contributed by atoms with E-state index in [-0.39, 0.29) is 17.7 Å². The summed E-state index contributed by atoms with van der Waals surface area (Å²) >= 11 is 0. The number of hydrogen-bond donors (Lipinski definition) is 2. The van der Waals surface area contributed by atoms with E-state index in [1.807, 2.05) is 10.6 Å². The van der Waals surface area contributed by atoms with Crippen molar-refractivity contribution in [3.05, 3.63) is 59.7 Å². The average molecular weight is 397 g/mol. The Kier molecular flexibility index (Phi) is 5.49. The van der Waals surface area contributed by atoms with E-state index in [0.717, 1.165) is 30.3 Å². The minimum Gasteiger partial charge on any atom is -0.494 e. The van der Waals surface area contributed by atoms with Crippen LogP contribution in [0.4, 0.5) is 4.39 Å². The number of carbonyl (C=O) groups is 1. The molecule has 0 radical (unpaired) electrons. The summed E-state index contributed by atoms with van der Waals surface area (Å²) in [4.78, 5) is 17.3. The predicted molar refractivity (Wildman–Crippen MR) is 108 cm³/mol. The van der Waals surface area contributed by atoms with E-state index in [0.29, 0.717) is 24.0 Å². The third-order valence-corrected chi connectivity index (χ3v) is 5.50. The summed E-state index contributed by atoms with van der Waals surface area (Å²) in [6.45, 7) is 0.391. The molecule has 1 amide bonds. The van der Waals surface area contributed by atoms with E-state index in [2.05, 4.69) is 10.3 Å². The van der Waals surface area contributed by atoms with Crippen molar-refractivity contribution < 1.29 is 19.0 Å². The molecule has 2 atom stereocenters. The molecule has 7 heteroatoms. The van der Waals surface area contributed by atoms with Gasteiger partial charge >= 0.3 is 0 Å². The number of aliphatic hydroxyl groups is 1. The smallest absolute Gasteiger partial charge is 0.255 e. The predicted octanol–water partition coefficient (Wildman–Crippen LogP) is 3.27. The summed E-state index contributed by atoms with van der Waals surface area (Å²) in [5, 5.41) is 13.1. The van der Waals surface area contributed by atoms with E-state index in [4.69, 9.17) is 4.74 Å². The van der Waals surface area contributed by atoms with E-state index >= 15 is 0 Å². The molecule has 1 aromatic carbocycles. The quantitative estimate of drug-likeness (QED) is 0.693. The van der Waals surface area contributed by atoms with E-state index < -0.39 is 11.9 Å². The standard InChI is InChI=1S/C22H24FN3O3/c1-29-20-9-8-14(11-16(20)23)12-26-13-15(21-18(26)6-4-10-24-21)22(28)25-17-5-2-3-7-19(17)27/h4,6,8-11,13,17,19,27H,2-3,5,7,12H2,1H3,(H,25,28). The Bertz CT molecular complexity index is 1030. The number of ether oxygens (including phenoxy) is 1. The minimum absolute atomic E-state index is 0.193. The van der Waals surface area contributed by atoms with Gasteiger partial charge in [0.05, 0.1) is 30.3 Å². The Labute approximate surface area is 168 Å². The first-order chi connectivity index (χ1) is 14.1. The fourth-order valence-electron chi connectivity index (χ4n) is 3.95. The highest BCUT2D eigenvalue weighted by atomic mass is 19.1. The molecule has 1 saturated carbocycles. The van der Waals surface area contributed by atoms with Crippen LogP contribution in [-0.4, -0.2) is 39.8 Å². The first-order valence-corrected chi connectivity index (χ1v) is 9.82. The second-order valence-corrected chi connectivity index (χ2v) is 7.44. The van der Waals surface area contributed by atoms with Gasteiger partial charge in [-0.2, -0.15) is 0 Å². The van der Waals surface area contributed by atoms with E-state index in [1.54, 1.807) is 30.6 Å². The number of hydrogen-bond acceptors (Lipinski definition) is 4. The molecule has 1 aliphatic carbocycles. The van der Waals surface area contributed by atoms with Crippen LogP contribution in [0.2, 0.25) is 0 Å². The minimum atomic E-state index is -0.517. The molecule has 3 aromatic rings. The highest BCUT2D eigenvalue weighted by Crippen LogP contribution is 2.24. The topological polar surface area (TPSA) is 76.4 Å². The van der Waals surface area contributed by atoms with Crippen molar-refractivity contribution >= 4 is 16.9 Å². The van der Waals surface area contributed by atoms with Crippen molar-refractivity contribution in [3.8, 4) is 5.75 Å². The number of aromatic nitrogens is 2. The normalized spacial score (nSPS) is 19.3. The Morgan fingerprint density at radius 2 is 2.17 bits per heavy atom. The van der Waals surface area contributed by atoms with Gasteiger partial charge in [0.15, 0.2) is 11.6 Å². The lowest BCUT2D eigenvalue weighted by Crippen LogP contribution is -2.45. The number of nitrogens with one attached hydrogen (secondary N) is 1. The lowest BCUT2D eigenvalue weighted by molar-refractivity contribution is 0.0718. The molecular formula is C22H24FN3O3. The number of rotatable bonds is 5. The van der Waals surface area contributed by atoms with Gasteiger partial charge in [-0.25, -0.2) is 4.39 Å². The van der Waals surface area contributed by atoms with Gasteiger partial charge in [0, 0.05) is 18.9 Å².